The molecule has 0 aliphatic rings. The van der Waals surface area contributed by atoms with Gasteiger partial charge >= 0.3 is 6.18 Å². The lowest BCUT2D eigenvalue weighted by atomic mass is 10.1. The molecule has 0 amide bonds. The van der Waals surface area contributed by atoms with Crippen LogP contribution in [0, 0.1) is 0 Å². The predicted octanol–water partition coefficient (Wildman–Crippen LogP) is 4.06. The summed E-state index contributed by atoms with van der Waals surface area (Å²) in [6, 6.07) is 4.97. The molecule has 0 fully saturated rings. The van der Waals surface area contributed by atoms with Crippen molar-refractivity contribution >= 4 is 15.9 Å². The number of ether oxygens (including phenoxy) is 1. The van der Waals surface area contributed by atoms with E-state index >= 15 is 0 Å². The standard InChI is InChI=1S/C12H15BrF3NO/c1-7(17-3)10-5-4-9(13)6-11(10)18-8(2)12(14,15)16/h4-8,17H,1-3H3. The van der Waals surface area contributed by atoms with Gasteiger partial charge in [0, 0.05) is 16.1 Å². The second-order valence-corrected chi connectivity index (χ2v) is 4.91. The monoisotopic (exact) mass is 325 g/mol. The Labute approximate surface area is 113 Å². The number of benzene rings is 1. The summed E-state index contributed by atoms with van der Waals surface area (Å²) in [6.07, 6.45) is -6.21. The number of hydrogen-bond acceptors (Lipinski definition) is 2. The van der Waals surface area contributed by atoms with Crippen LogP contribution in [0.3, 0.4) is 0 Å². The van der Waals surface area contributed by atoms with Crippen LogP contribution < -0.4 is 10.1 Å². The molecule has 2 unspecified atom stereocenters. The van der Waals surface area contributed by atoms with Crippen molar-refractivity contribution in [3.05, 3.63) is 28.2 Å². The first kappa shape index (κ1) is 15.3. The third kappa shape index (κ3) is 3.88. The maximum atomic E-state index is 12.5. The van der Waals surface area contributed by atoms with Crippen molar-refractivity contribution in [2.24, 2.45) is 0 Å². The molecule has 1 rings (SSSR count). The second kappa shape index (κ2) is 5.93. The Hall–Kier alpha value is -0.750. The summed E-state index contributed by atoms with van der Waals surface area (Å²) in [5, 5.41) is 2.98. The lowest BCUT2D eigenvalue weighted by Crippen LogP contribution is -2.31. The molecule has 2 nitrogen and oxygen atoms in total. The van der Waals surface area contributed by atoms with E-state index in [2.05, 4.69) is 21.2 Å². The molecule has 1 aromatic rings. The normalized spacial score (nSPS) is 15.3. The number of alkyl halides is 3. The van der Waals surface area contributed by atoms with Gasteiger partial charge in [0.15, 0.2) is 6.10 Å². The van der Waals surface area contributed by atoms with E-state index in [9.17, 15) is 13.2 Å². The Bertz CT molecular complexity index is 409. The molecule has 0 bridgehead atoms. The molecule has 2 atom stereocenters. The van der Waals surface area contributed by atoms with E-state index < -0.39 is 12.3 Å². The average Bonchev–Trinajstić information content (AvgIpc) is 2.27. The van der Waals surface area contributed by atoms with Crippen LogP contribution in [-0.2, 0) is 0 Å². The van der Waals surface area contributed by atoms with Crippen LogP contribution in [0.2, 0.25) is 0 Å². The number of halogens is 4. The Kier molecular flexibility index (Phi) is 5.04. The van der Waals surface area contributed by atoms with E-state index in [-0.39, 0.29) is 11.8 Å². The van der Waals surface area contributed by atoms with E-state index in [1.807, 2.05) is 6.92 Å². The van der Waals surface area contributed by atoms with Crippen molar-refractivity contribution < 1.29 is 17.9 Å². The van der Waals surface area contributed by atoms with Crippen LogP contribution >= 0.6 is 15.9 Å². The Morgan fingerprint density at radius 2 is 1.89 bits per heavy atom. The van der Waals surface area contributed by atoms with Crippen molar-refractivity contribution in [3.8, 4) is 5.75 Å². The van der Waals surface area contributed by atoms with Gasteiger partial charge in [-0.05, 0) is 33.0 Å². The molecule has 0 saturated heterocycles. The summed E-state index contributed by atoms with van der Waals surface area (Å²) in [7, 11) is 1.74. The maximum Gasteiger partial charge on any atom is 0.425 e. The Balaban J connectivity index is 3.03. The van der Waals surface area contributed by atoms with Crippen molar-refractivity contribution in [2.75, 3.05) is 7.05 Å². The summed E-state index contributed by atoms with van der Waals surface area (Å²) < 4.78 is 43.2. The maximum absolute atomic E-state index is 12.5. The van der Waals surface area contributed by atoms with Gasteiger partial charge in [-0.1, -0.05) is 22.0 Å². The zero-order valence-corrected chi connectivity index (χ0v) is 11.9. The first-order chi connectivity index (χ1) is 8.25. The summed E-state index contributed by atoms with van der Waals surface area (Å²) in [6.45, 7) is 2.85. The highest BCUT2D eigenvalue weighted by Crippen LogP contribution is 2.32. The van der Waals surface area contributed by atoms with Crippen LogP contribution in [0.25, 0.3) is 0 Å². The highest BCUT2D eigenvalue weighted by Gasteiger charge is 2.38. The van der Waals surface area contributed by atoms with Gasteiger partial charge in [-0.15, -0.1) is 0 Å². The predicted molar refractivity (Wildman–Crippen MR) is 67.8 cm³/mol. The van der Waals surface area contributed by atoms with Crippen molar-refractivity contribution in [1.82, 2.24) is 5.32 Å². The van der Waals surface area contributed by atoms with Crippen LogP contribution in [0.1, 0.15) is 25.5 Å². The number of rotatable bonds is 4. The number of nitrogens with one attached hydrogen (secondary N) is 1. The van der Waals surface area contributed by atoms with Gasteiger partial charge in [-0.2, -0.15) is 13.2 Å². The third-order valence-corrected chi connectivity index (χ3v) is 3.13. The van der Waals surface area contributed by atoms with Gasteiger partial charge in [0.2, 0.25) is 0 Å². The molecule has 0 spiro atoms. The van der Waals surface area contributed by atoms with Crippen LogP contribution in [-0.4, -0.2) is 19.3 Å². The Morgan fingerprint density at radius 3 is 2.39 bits per heavy atom. The van der Waals surface area contributed by atoms with Crippen molar-refractivity contribution in [2.45, 2.75) is 32.2 Å². The topological polar surface area (TPSA) is 21.3 Å². The highest BCUT2D eigenvalue weighted by atomic mass is 79.9. The molecule has 1 N–H and O–H groups in total. The first-order valence-electron chi connectivity index (χ1n) is 5.45. The molecule has 0 saturated carbocycles. The minimum atomic E-state index is -4.37. The molecule has 0 aliphatic heterocycles. The molecule has 1 aromatic carbocycles. The zero-order valence-electron chi connectivity index (χ0n) is 10.3. The Morgan fingerprint density at radius 1 is 1.28 bits per heavy atom. The molecule has 102 valence electrons. The fourth-order valence-electron chi connectivity index (χ4n) is 1.38. The molecule has 0 radical (unpaired) electrons. The average molecular weight is 326 g/mol. The SMILES string of the molecule is CNC(C)c1ccc(Br)cc1OC(C)C(F)(F)F. The summed E-state index contributed by atoms with van der Waals surface area (Å²) in [4.78, 5) is 0. The van der Waals surface area contributed by atoms with E-state index in [1.54, 1.807) is 25.2 Å². The van der Waals surface area contributed by atoms with Gasteiger partial charge in [0.25, 0.3) is 0 Å². The van der Waals surface area contributed by atoms with Gasteiger partial charge < -0.3 is 10.1 Å². The molecular formula is C12H15BrF3NO. The quantitative estimate of drug-likeness (QED) is 0.901. The van der Waals surface area contributed by atoms with Crippen molar-refractivity contribution in [3.63, 3.8) is 0 Å². The van der Waals surface area contributed by atoms with Gasteiger partial charge in [0.05, 0.1) is 0 Å². The molecular weight excluding hydrogens is 311 g/mol. The van der Waals surface area contributed by atoms with Crippen LogP contribution in [0.15, 0.2) is 22.7 Å². The fraction of sp³-hybridized carbons (Fsp3) is 0.500. The molecule has 0 heterocycles. The molecule has 0 aliphatic carbocycles. The largest absolute Gasteiger partial charge is 0.481 e. The van der Waals surface area contributed by atoms with Gasteiger partial charge in [-0.25, -0.2) is 0 Å². The lowest BCUT2D eigenvalue weighted by molar-refractivity contribution is -0.189. The minimum Gasteiger partial charge on any atom is -0.481 e. The fourth-order valence-corrected chi connectivity index (χ4v) is 1.72. The molecule has 18 heavy (non-hydrogen) atoms. The molecule has 0 aromatic heterocycles. The van der Waals surface area contributed by atoms with E-state index in [0.717, 1.165) is 6.92 Å². The molecule has 6 heteroatoms. The lowest BCUT2D eigenvalue weighted by Gasteiger charge is -2.22. The number of hydrogen-bond donors (Lipinski definition) is 1. The van der Waals surface area contributed by atoms with Gasteiger partial charge in [0.1, 0.15) is 5.75 Å². The summed E-state index contributed by atoms with van der Waals surface area (Å²) in [5.41, 5.74) is 0.691. The smallest absolute Gasteiger partial charge is 0.425 e. The van der Waals surface area contributed by atoms with Crippen LogP contribution in [0.5, 0.6) is 5.75 Å². The van der Waals surface area contributed by atoms with Gasteiger partial charge in [-0.3, -0.25) is 0 Å². The minimum absolute atomic E-state index is 0.0893. The van der Waals surface area contributed by atoms with E-state index in [1.165, 1.54) is 0 Å². The second-order valence-electron chi connectivity index (χ2n) is 3.99. The van der Waals surface area contributed by atoms with E-state index in [0.29, 0.717) is 10.0 Å². The van der Waals surface area contributed by atoms with Crippen LogP contribution in [0.4, 0.5) is 13.2 Å². The highest BCUT2D eigenvalue weighted by molar-refractivity contribution is 9.10. The van der Waals surface area contributed by atoms with E-state index in [4.69, 9.17) is 4.74 Å². The third-order valence-electron chi connectivity index (χ3n) is 2.64. The summed E-state index contributed by atoms with van der Waals surface area (Å²) in [5.74, 6) is 0.232. The summed E-state index contributed by atoms with van der Waals surface area (Å²) >= 11 is 3.23. The first-order valence-corrected chi connectivity index (χ1v) is 6.25. The van der Waals surface area contributed by atoms with Crippen molar-refractivity contribution in [1.29, 1.82) is 0 Å². The zero-order chi connectivity index (χ0) is 13.9.